The summed E-state index contributed by atoms with van der Waals surface area (Å²) in [5, 5.41) is 0. The van der Waals surface area contributed by atoms with Gasteiger partial charge in [0.15, 0.2) is 6.10 Å². The van der Waals surface area contributed by atoms with Crippen molar-refractivity contribution in [3.8, 4) is 0 Å². The average molecular weight is 711 g/mol. The number of esters is 3. The molecule has 0 amide bonds. The van der Waals surface area contributed by atoms with Crippen molar-refractivity contribution in [1.82, 2.24) is 0 Å². The highest BCUT2D eigenvalue weighted by atomic mass is 16.6. The van der Waals surface area contributed by atoms with Gasteiger partial charge in [0.25, 0.3) is 0 Å². The van der Waals surface area contributed by atoms with E-state index in [-0.39, 0.29) is 37.5 Å². The topological polar surface area (TPSA) is 78.9 Å². The Balaban J connectivity index is 4.53. The van der Waals surface area contributed by atoms with E-state index in [4.69, 9.17) is 14.2 Å². The number of unbranched alkanes of at least 4 members (excludes halogenated alkanes) is 16. The molecule has 0 N–H and O–H groups in total. The molecule has 1 atom stereocenters. The van der Waals surface area contributed by atoms with Gasteiger partial charge in [-0.25, -0.2) is 0 Å². The van der Waals surface area contributed by atoms with Crippen LogP contribution in [0.2, 0.25) is 0 Å². The fourth-order valence-electron chi connectivity index (χ4n) is 5.22. The molecule has 0 aliphatic rings. The van der Waals surface area contributed by atoms with Crippen LogP contribution in [0.25, 0.3) is 0 Å². The Kier molecular flexibility index (Phi) is 37.2. The van der Waals surface area contributed by atoms with Crippen LogP contribution in [0.1, 0.15) is 175 Å². The molecule has 1 unspecified atom stereocenters. The van der Waals surface area contributed by atoms with Crippen molar-refractivity contribution in [2.45, 2.75) is 181 Å². The largest absolute Gasteiger partial charge is 0.462 e. The summed E-state index contributed by atoms with van der Waals surface area (Å²) in [6.07, 6.45) is 47.5. The summed E-state index contributed by atoms with van der Waals surface area (Å²) in [5.74, 6) is -1.01. The van der Waals surface area contributed by atoms with E-state index in [1.807, 2.05) is 54.7 Å². The summed E-state index contributed by atoms with van der Waals surface area (Å²) >= 11 is 0. The van der Waals surface area contributed by atoms with Gasteiger partial charge >= 0.3 is 17.9 Å². The Morgan fingerprint density at radius 2 is 0.824 bits per heavy atom. The summed E-state index contributed by atoms with van der Waals surface area (Å²) < 4.78 is 16.5. The lowest BCUT2D eigenvalue weighted by molar-refractivity contribution is -0.167. The average Bonchev–Trinajstić information content (AvgIpc) is 3.12. The first-order chi connectivity index (χ1) is 25.0. The van der Waals surface area contributed by atoms with Gasteiger partial charge in [0, 0.05) is 19.3 Å². The third kappa shape index (κ3) is 37.9. The third-order valence-corrected chi connectivity index (χ3v) is 8.32. The highest BCUT2D eigenvalue weighted by Gasteiger charge is 2.19. The van der Waals surface area contributed by atoms with Gasteiger partial charge in [0.2, 0.25) is 0 Å². The van der Waals surface area contributed by atoms with Crippen LogP contribution in [-0.4, -0.2) is 37.2 Å². The van der Waals surface area contributed by atoms with Gasteiger partial charge < -0.3 is 14.2 Å². The molecule has 0 fully saturated rings. The first-order valence-corrected chi connectivity index (χ1v) is 20.5. The molecule has 290 valence electrons. The molecule has 0 heterocycles. The second-order valence-corrected chi connectivity index (χ2v) is 13.3. The fourth-order valence-corrected chi connectivity index (χ4v) is 5.22. The molecular weight excluding hydrogens is 636 g/mol. The van der Waals surface area contributed by atoms with Crippen molar-refractivity contribution in [2.75, 3.05) is 13.2 Å². The lowest BCUT2D eigenvalue weighted by Crippen LogP contribution is -2.30. The number of carbonyl (C=O) groups excluding carboxylic acids is 3. The zero-order chi connectivity index (χ0) is 37.3. The second kappa shape index (κ2) is 39.6. The standard InChI is InChI=1S/C45H74O6/c1-4-7-10-13-16-19-22-23-24-27-29-32-35-38-44(47)50-41-42(51-45(48)39-36-33-30-26-21-18-15-12-9-6-3)40-49-43(46)37-34-31-28-25-20-17-14-11-8-5-2/h7,10,13,15-16,18-19,22-24,27,29,42H,4-6,8-9,11-12,14,17,20-21,25-26,28,30-41H2,1-3H3/b10-7-,16-13-,18-15-,22-19-,24-23-,29-27-. The highest BCUT2D eigenvalue weighted by molar-refractivity contribution is 5.71. The summed E-state index contributed by atoms with van der Waals surface area (Å²) in [6, 6.07) is 0. The zero-order valence-corrected chi connectivity index (χ0v) is 32.8. The highest BCUT2D eigenvalue weighted by Crippen LogP contribution is 2.13. The Bertz CT molecular complexity index is 1000. The molecule has 6 heteroatoms. The predicted octanol–water partition coefficient (Wildman–Crippen LogP) is 12.7. The van der Waals surface area contributed by atoms with Gasteiger partial charge in [0.1, 0.15) is 13.2 Å². The van der Waals surface area contributed by atoms with E-state index in [1.165, 1.54) is 57.8 Å². The Morgan fingerprint density at radius 3 is 1.37 bits per heavy atom. The molecule has 0 radical (unpaired) electrons. The van der Waals surface area contributed by atoms with Crippen molar-refractivity contribution in [1.29, 1.82) is 0 Å². The van der Waals surface area contributed by atoms with E-state index in [0.29, 0.717) is 19.3 Å². The van der Waals surface area contributed by atoms with Gasteiger partial charge in [0.05, 0.1) is 0 Å². The van der Waals surface area contributed by atoms with E-state index in [2.05, 4.69) is 39.0 Å². The third-order valence-electron chi connectivity index (χ3n) is 8.32. The first-order valence-electron chi connectivity index (χ1n) is 20.5. The molecule has 0 spiro atoms. The minimum Gasteiger partial charge on any atom is -0.462 e. The van der Waals surface area contributed by atoms with Crippen LogP contribution >= 0.6 is 0 Å². The van der Waals surface area contributed by atoms with Crippen LogP contribution in [0.4, 0.5) is 0 Å². The molecule has 0 aromatic heterocycles. The number of ether oxygens (including phenoxy) is 3. The molecule has 0 saturated carbocycles. The molecule has 51 heavy (non-hydrogen) atoms. The number of allylic oxidation sites excluding steroid dienone is 12. The maximum atomic E-state index is 12.6. The lowest BCUT2D eigenvalue weighted by Gasteiger charge is -2.18. The first kappa shape index (κ1) is 47.8. The number of rotatable bonds is 35. The van der Waals surface area contributed by atoms with Crippen LogP contribution in [0, 0.1) is 0 Å². The second-order valence-electron chi connectivity index (χ2n) is 13.3. The Hall–Kier alpha value is -3.15. The molecule has 0 saturated heterocycles. The van der Waals surface area contributed by atoms with E-state index >= 15 is 0 Å². The fraction of sp³-hybridized carbons (Fsp3) is 0.667. The summed E-state index contributed by atoms with van der Waals surface area (Å²) in [7, 11) is 0. The summed E-state index contributed by atoms with van der Waals surface area (Å²) in [6.45, 7) is 6.32. The van der Waals surface area contributed by atoms with Crippen molar-refractivity contribution in [3.05, 3.63) is 72.9 Å². The minimum absolute atomic E-state index is 0.102. The van der Waals surface area contributed by atoms with E-state index < -0.39 is 6.10 Å². The monoisotopic (exact) mass is 711 g/mol. The molecule has 0 aliphatic heterocycles. The van der Waals surface area contributed by atoms with Crippen LogP contribution in [0.15, 0.2) is 72.9 Å². The number of carbonyl (C=O) groups is 3. The summed E-state index contributed by atoms with van der Waals surface area (Å²) in [5.41, 5.74) is 0. The number of hydrogen-bond acceptors (Lipinski definition) is 6. The smallest absolute Gasteiger partial charge is 0.306 e. The quantitative estimate of drug-likeness (QED) is 0.0214. The Labute approximate surface area is 312 Å². The van der Waals surface area contributed by atoms with Gasteiger partial charge in [-0.3, -0.25) is 14.4 Å². The van der Waals surface area contributed by atoms with Crippen LogP contribution in [-0.2, 0) is 28.6 Å². The van der Waals surface area contributed by atoms with E-state index in [9.17, 15) is 14.4 Å². The normalized spacial score (nSPS) is 12.8. The molecule has 0 bridgehead atoms. The van der Waals surface area contributed by atoms with Crippen LogP contribution < -0.4 is 0 Å². The van der Waals surface area contributed by atoms with Crippen LogP contribution in [0.5, 0.6) is 0 Å². The number of hydrogen-bond donors (Lipinski definition) is 0. The molecular formula is C45H74O6. The minimum atomic E-state index is -0.804. The summed E-state index contributed by atoms with van der Waals surface area (Å²) in [4.78, 5) is 37.5. The maximum Gasteiger partial charge on any atom is 0.306 e. The molecule has 0 aliphatic carbocycles. The predicted molar refractivity (Wildman–Crippen MR) is 214 cm³/mol. The van der Waals surface area contributed by atoms with Gasteiger partial charge in [-0.2, -0.15) is 0 Å². The van der Waals surface area contributed by atoms with Crippen molar-refractivity contribution >= 4 is 17.9 Å². The molecule has 0 rings (SSSR count). The van der Waals surface area contributed by atoms with Crippen LogP contribution in [0.3, 0.4) is 0 Å². The Morgan fingerprint density at radius 1 is 0.412 bits per heavy atom. The van der Waals surface area contributed by atoms with Gasteiger partial charge in [-0.05, 0) is 51.4 Å². The van der Waals surface area contributed by atoms with Crippen molar-refractivity contribution in [2.24, 2.45) is 0 Å². The SMILES string of the molecule is CC\C=C/C=C\C=C/C=C\C=C/CCCC(=O)OCC(COC(=O)CCCCCCCCCCCC)OC(=O)CCCCCC/C=C\CCCC. The van der Waals surface area contributed by atoms with Gasteiger partial charge in [-0.1, -0.05) is 177 Å². The maximum absolute atomic E-state index is 12.6. The zero-order valence-electron chi connectivity index (χ0n) is 32.8. The van der Waals surface area contributed by atoms with E-state index in [1.54, 1.807) is 0 Å². The van der Waals surface area contributed by atoms with E-state index in [0.717, 1.165) is 70.6 Å². The molecule has 0 aromatic rings. The lowest BCUT2D eigenvalue weighted by atomic mass is 10.1. The molecule has 6 nitrogen and oxygen atoms in total. The van der Waals surface area contributed by atoms with Crippen molar-refractivity contribution in [3.63, 3.8) is 0 Å². The van der Waals surface area contributed by atoms with Crippen molar-refractivity contribution < 1.29 is 28.6 Å². The molecule has 0 aromatic carbocycles. The van der Waals surface area contributed by atoms with Gasteiger partial charge in [-0.15, -0.1) is 0 Å².